The standard InChI is InChI=1S/C14H18O2/c1-10-5-3-4-6-12(10)8-14(15)13-7-11(2)16-9-13/h3-6,11,13H,7-9H2,1-2H3. The van der Waals surface area contributed by atoms with Crippen molar-refractivity contribution in [3.8, 4) is 0 Å². The van der Waals surface area contributed by atoms with Gasteiger partial charge in [-0.25, -0.2) is 0 Å². The van der Waals surface area contributed by atoms with Crippen LogP contribution in [-0.2, 0) is 16.0 Å². The quantitative estimate of drug-likeness (QED) is 0.779. The van der Waals surface area contributed by atoms with Gasteiger partial charge in [0.25, 0.3) is 0 Å². The van der Waals surface area contributed by atoms with E-state index in [2.05, 4.69) is 13.0 Å². The van der Waals surface area contributed by atoms with E-state index in [4.69, 9.17) is 4.74 Å². The summed E-state index contributed by atoms with van der Waals surface area (Å²) in [5.74, 6) is 0.424. The summed E-state index contributed by atoms with van der Waals surface area (Å²) < 4.78 is 5.43. The first-order chi connectivity index (χ1) is 7.66. The largest absolute Gasteiger partial charge is 0.378 e. The van der Waals surface area contributed by atoms with Crippen molar-refractivity contribution < 1.29 is 9.53 Å². The van der Waals surface area contributed by atoms with Crippen LogP contribution in [0, 0.1) is 12.8 Å². The fraction of sp³-hybridized carbons (Fsp3) is 0.500. The Morgan fingerprint density at radius 2 is 2.19 bits per heavy atom. The predicted molar refractivity (Wildman–Crippen MR) is 63.4 cm³/mol. The number of rotatable bonds is 3. The average molecular weight is 218 g/mol. The molecule has 1 aliphatic rings. The molecular formula is C14H18O2. The number of Topliss-reactive ketones (excluding diaryl/α,β-unsaturated/α-hetero) is 1. The Bertz CT molecular complexity index is 384. The van der Waals surface area contributed by atoms with Crippen LogP contribution < -0.4 is 0 Å². The first kappa shape index (κ1) is 11.3. The SMILES string of the molecule is Cc1ccccc1CC(=O)C1COC(C)C1. The predicted octanol–water partition coefficient (Wildman–Crippen LogP) is 2.53. The third-order valence-corrected chi connectivity index (χ3v) is 3.28. The first-order valence-electron chi connectivity index (χ1n) is 5.85. The van der Waals surface area contributed by atoms with Crippen LogP contribution in [0.4, 0.5) is 0 Å². The number of ether oxygens (including phenoxy) is 1. The minimum atomic E-state index is 0.106. The van der Waals surface area contributed by atoms with Crippen molar-refractivity contribution in [2.75, 3.05) is 6.61 Å². The van der Waals surface area contributed by atoms with Crippen LogP contribution in [-0.4, -0.2) is 18.5 Å². The summed E-state index contributed by atoms with van der Waals surface area (Å²) in [7, 11) is 0. The molecule has 0 N–H and O–H groups in total. The summed E-state index contributed by atoms with van der Waals surface area (Å²) >= 11 is 0. The molecule has 0 aliphatic carbocycles. The molecule has 2 unspecified atom stereocenters. The van der Waals surface area contributed by atoms with Crippen molar-refractivity contribution in [2.45, 2.75) is 32.8 Å². The highest BCUT2D eigenvalue weighted by atomic mass is 16.5. The highest BCUT2D eigenvalue weighted by Crippen LogP contribution is 2.22. The lowest BCUT2D eigenvalue weighted by atomic mass is 9.94. The van der Waals surface area contributed by atoms with Gasteiger partial charge in [-0.3, -0.25) is 4.79 Å². The minimum Gasteiger partial charge on any atom is -0.378 e. The molecule has 0 radical (unpaired) electrons. The average Bonchev–Trinajstić information content (AvgIpc) is 2.68. The normalized spacial score (nSPS) is 24.6. The molecule has 1 fully saturated rings. The number of hydrogen-bond acceptors (Lipinski definition) is 2. The maximum Gasteiger partial charge on any atom is 0.142 e. The summed E-state index contributed by atoms with van der Waals surface area (Å²) in [6.07, 6.45) is 1.67. The molecule has 0 aromatic heterocycles. The van der Waals surface area contributed by atoms with Crippen LogP contribution in [0.15, 0.2) is 24.3 Å². The van der Waals surface area contributed by atoms with Crippen LogP contribution in [0.25, 0.3) is 0 Å². The molecule has 86 valence electrons. The van der Waals surface area contributed by atoms with Gasteiger partial charge in [0.15, 0.2) is 0 Å². The Morgan fingerprint density at radius 1 is 1.44 bits per heavy atom. The fourth-order valence-corrected chi connectivity index (χ4v) is 2.18. The van der Waals surface area contributed by atoms with Gasteiger partial charge in [-0.05, 0) is 31.4 Å². The number of carbonyl (C=O) groups is 1. The maximum atomic E-state index is 12.0. The van der Waals surface area contributed by atoms with Gasteiger partial charge in [-0.15, -0.1) is 0 Å². The minimum absolute atomic E-state index is 0.106. The molecule has 1 heterocycles. The topological polar surface area (TPSA) is 26.3 Å². The van der Waals surface area contributed by atoms with Crippen molar-refractivity contribution in [1.82, 2.24) is 0 Å². The number of benzene rings is 1. The lowest BCUT2D eigenvalue weighted by Gasteiger charge is -2.08. The molecule has 2 atom stereocenters. The summed E-state index contributed by atoms with van der Waals surface area (Å²) in [5.41, 5.74) is 2.34. The van der Waals surface area contributed by atoms with Crippen molar-refractivity contribution in [3.63, 3.8) is 0 Å². The zero-order valence-corrected chi connectivity index (χ0v) is 9.90. The van der Waals surface area contributed by atoms with Gasteiger partial charge in [0.2, 0.25) is 0 Å². The fourth-order valence-electron chi connectivity index (χ4n) is 2.18. The molecule has 0 bridgehead atoms. The molecule has 0 saturated carbocycles. The van der Waals surface area contributed by atoms with Gasteiger partial charge in [-0.2, -0.15) is 0 Å². The summed E-state index contributed by atoms with van der Waals surface area (Å²) in [4.78, 5) is 12.0. The molecule has 0 amide bonds. The molecule has 2 nitrogen and oxygen atoms in total. The Morgan fingerprint density at radius 3 is 2.81 bits per heavy atom. The van der Waals surface area contributed by atoms with Gasteiger partial charge >= 0.3 is 0 Å². The van der Waals surface area contributed by atoms with E-state index < -0.39 is 0 Å². The number of aryl methyl sites for hydroxylation is 1. The Hall–Kier alpha value is -1.15. The summed E-state index contributed by atoms with van der Waals surface area (Å²) in [6, 6.07) is 8.08. The molecule has 2 heteroatoms. The lowest BCUT2D eigenvalue weighted by molar-refractivity contribution is -0.122. The number of hydrogen-bond donors (Lipinski definition) is 0. The van der Waals surface area contributed by atoms with E-state index in [1.165, 1.54) is 5.56 Å². The molecular weight excluding hydrogens is 200 g/mol. The molecule has 1 aromatic rings. The van der Waals surface area contributed by atoms with Crippen molar-refractivity contribution in [2.24, 2.45) is 5.92 Å². The van der Waals surface area contributed by atoms with Crippen molar-refractivity contribution in [1.29, 1.82) is 0 Å². The van der Waals surface area contributed by atoms with Gasteiger partial charge in [0.05, 0.1) is 12.7 Å². The smallest absolute Gasteiger partial charge is 0.142 e. The highest BCUT2D eigenvalue weighted by molar-refractivity contribution is 5.83. The van der Waals surface area contributed by atoms with Gasteiger partial charge in [0, 0.05) is 12.3 Å². The van der Waals surface area contributed by atoms with Gasteiger partial charge in [-0.1, -0.05) is 24.3 Å². The Labute approximate surface area is 96.6 Å². The monoisotopic (exact) mass is 218 g/mol. The van der Waals surface area contributed by atoms with E-state index in [1.54, 1.807) is 0 Å². The summed E-state index contributed by atoms with van der Waals surface area (Å²) in [5, 5.41) is 0. The number of carbonyl (C=O) groups excluding carboxylic acids is 1. The first-order valence-corrected chi connectivity index (χ1v) is 5.85. The Kier molecular flexibility index (Phi) is 3.39. The second kappa shape index (κ2) is 4.79. The van der Waals surface area contributed by atoms with Crippen molar-refractivity contribution >= 4 is 5.78 Å². The van der Waals surface area contributed by atoms with Crippen LogP contribution >= 0.6 is 0 Å². The van der Waals surface area contributed by atoms with Crippen LogP contribution in [0.3, 0.4) is 0 Å². The molecule has 16 heavy (non-hydrogen) atoms. The highest BCUT2D eigenvalue weighted by Gasteiger charge is 2.27. The van der Waals surface area contributed by atoms with Crippen molar-refractivity contribution in [3.05, 3.63) is 35.4 Å². The van der Waals surface area contributed by atoms with Crippen LogP contribution in [0.5, 0.6) is 0 Å². The molecule has 1 saturated heterocycles. The van der Waals surface area contributed by atoms with E-state index in [-0.39, 0.29) is 12.0 Å². The van der Waals surface area contributed by atoms with Crippen LogP contribution in [0.2, 0.25) is 0 Å². The Balaban J connectivity index is 2.00. The van der Waals surface area contributed by atoms with E-state index in [1.807, 2.05) is 25.1 Å². The van der Waals surface area contributed by atoms with Gasteiger partial charge in [0.1, 0.15) is 5.78 Å². The molecule has 0 spiro atoms. The van der Waals surface area contributed by atoms with Gasteiger partial charge < -0.3 is 4.74 Å². The lowest BCUT2D eigenvalue weighted by Crippen LogP contribution is -2.17. The second-order valence-electron chi connectivity index (χ2n) is 4.65. The molecule has 1 aliphatic heterocycles. The van der Waals surface area contributed by atoms with E-state index in [0.29, 0.717) is 18.8 Å². The number of ketones is 1. The third kappa shape index (κ3) is 2.50. The third-order valence-electron chi connectivity index (χ3n) is 3.28. The maximum absolute atomic E-state index is 12.0. The molecule has 2 rings (SSSR count). The zero-order valence-electron chi connectivity index (χ0n) is 9.90. The van der Waals surface area contributed by atoms with E-state index >= 15 is 0 Å². The summed E-state index contributed by atoms with van der Waals surface area (Å²) in [6.45, 7) is 4.68. The molecule has 1 aromatic carbocycles. The van der Waals surface area contributed by atoms with E-state index in [0.717, 1.165) is 12.0 Å². The van der Waals surface area contributed by atoms with E-state index in [9.17, 15) is 4.79 Å². The second-order valence-corrected chi connectivity index (χ2v) is 4.65. The van der Waals surface area contributed by atoms with Crippen LogP contribution in [0.1, 0.15) is 24.5 Å². The zero-order chi connectivity index (χ0) is 11.5.